The van der Waals surface area contributed by atoms with Gasteiger partial charge >= 0.3 is 0 Å². The van der Waals surface area contributed by atoms with Gasteiger partial charge in [0.05, 0.1) is 27.7 Å². The lowest BCUT2D eigenvalue weighted by Gasteiger charge is -2.33. The molecule has 1 amide bonds. The summed E-state index contributed by atoms with van der Waals surface area (Å²) in [7, 11) is 3.51. The fourth-order valence-corrected chi connectivity index (χ4v) is 5.11. The highest BCUT2D eigenvalue weighted by atomic mass is 32.1. The molecule has 4 nitrogen and oxygen atoms in total. The first-order valence-corrected chi connectivity index (χ1v) is 11.1. The van der Waals surface area contributed by atoms with Crippen molar-refractivity contribution < 1.29 is 9.53 Å². The fraction of sp³-hybridized carbons (Fsp3) is 0.231. The van der Waals surface area contributed by atoms with Crippen molar-refractivity contribution in [2.75, 3.05) is 14.2 Å². The molecule has 0 fully saturated rings. The summed E-state index contributed by atoms with van der Waals surface area (Å²) < 4.78 is 6.62. The van der Waals surface area contributed by atoms with E-state index in [-0.39, 0.29) is 5.91 Å². The zero-order chi connectivity index (χ0) is 21.8. The third-order valence-electron chi connectivity index (χ3n) is 5.67. The maximum atomic E-state index is 13.9. The molecule has 3 aromatic carbocycles. The zero-order valence-corrected chi connectivity index (χ0v) is 18.9. The average molecular weight is 431 g/mol. The van der Waals surface area contributed by atoms with E-state index in [1.807, 2.05) is 86.8 Å². The minimum absolute atomic E-state index is 0.0591. The predicted molar refractivity (Wildman–Crippen MR) is 127 cm³/mol. The number of hydrogen-bond donors (Lipinski definition) is 0. The maximum Gasteiger partial charge on any atom is 0.233 e. The molecule has 1 unspecified atom stereocenters. The van der Waals surface area contributed by atoms with Gasteiger partial charge in [-0.15, -0.1) is 11.3 Å². The van der Waals surface area contributed by atoms with Crippen molar-refractivity contribution in [3.63, 3.8) is 0 Å². The number of methoxy groups -OCH3 is 1. The molecule has 158 valence electrons. The Balaban J connectivity index is 1.67. The number of carbonyl (C=O) groups excluding carboxylic acids is 1. The largest absolute Gasteiger partial charge is 0.496 e. The second kappa shape index (κ2) is 8.90. The van der Waals surface area contributed by atoms with Gasteiger partial charge in [-0.25, -0.2) is 4.98 Å². The van der Waals surface area contributed by atoms with Crippen LogP contribution >= 0.6 is 11.3 Å². The van der Waals surface area contributed by atoms with Crippen LogP contribution in [0.3, 0.4) is 0 Å². The molecule has 31 heavy (non-hydrogen) atoms. The van der Waals surface area contributed by atoms with Crippen molar-refractivity contribution in [1.29, 1.82) is 0 Å². The predicted octanol–water partition coefficient (Wildman–Crippen LogP) is 5.46. The number of ether oxygens (including phenoxy) is 1. The Hall–Kier alpha value is -3.18. The van der Waals surface area contributed by atoms with Crippen molar-refractivity contribution in [2.24, 2.45) is 0 Å². The summed E-state index contributed by atoms with van der Waals surface area (Å²) in [6, 6.07) is 25.9. The normalized spacial score (nSPS) is 13.0. The Morgan fingerprint density at radius 1 is 1.00 bits per heavy atom. The second-order valence-electron chi connectivity index (χ2n) is 7.92. The van der Waals surface area contributed by atoms with Gasteiger partial charge in [-0.2, -0.15) is 0 Å². The standard InChI is InChI=1S/C26H26N2O2S/c1-26(20-12-5-4-6-13-20,17-24-27-21-14-8-10-16-23(21)31-24)25(29)28(2)18-19-11-7-9-15-22(19)30-3/h4-16H,17-18H2,1-3H3. The van der Waals surface area contributed by atoms with Gasteiger partial charge in [0.15, 0.2) is 0 Å². The molecule has 0 bridgehead atoms. The summed E-state index contributed by atoms with van der Waals surface area (Å²) in [5.41, 5.74) is 2.22. The van der Waals surface area contributed by atoms with Gasteiger partial charge in [-0.3, -0.25) is 4.79 Å². The molecule has 5 heteroatoms. The van der Waals surface area contributed by atoms with Crippen molar-refractivity contribution in [2.45, 2.75) is 25.3 Å². The Labute approximate surface area is 187 Å². The molecule has 1 heterocycles. The molecular weight excluding hydrogens is 404 g/mol. The monoisotopic (exact) mass is 430 g/mol. The van der Waals surface area contributed by atoms with E-state index in [4.69, 9.17) is 9.72 Å². The molecule has 4 rings (SSSR count). The second-order valence-corrected chi connectivity index (χ2v) is 9.04. The Morgan fingerprint density at radius 2 is 1.68 bits per heavy atom. The van der Waals surface area contributed by atoms with Crippen LogP contribution in [0.4, 0.5) is 0 Å². The van der Waals surface area contributed by atoms with Crippen molar-refractivity contribution in [3.05, 3.63) is 95.0 Å². The van der Waals surface area contributed by atoms with Crippen molar-refractivity contribution >= 4 is 27.5 Å². The molecular formula is C26H26N2O2S. The summed E-state index contributed by atoms with van der Waals surface area (Å²) in [6.07, 6.45) is 0.547. The minimum atomic E-state index is -0.730. The molecule has 0 radical (unpaired) electrons. The molecule has 0 aliphatic rings. The lowest BCUT2D eigenvalue weighted by atomic mass is 9.78. The van der Waals surface area contributed by atoms with E-state index in [2.05, 4.69) is 6.07 Å². The van der Waals surface area contributed by atoms with E-state index in [0.717, 1.165) is 32.1 Å². The Kier molecular flexibility index (Phi) is 6.05. The van der Waals surface area contributed by atoms with Crippen molar-refractivity contribution in [1.82, 2.24) is 9.88 Å². The molecule has 0 saturated heterocycles. The number of rotatable bonds is 7. The summed E-state index contributed by atoms with van der Waals surface area (Å²) in [5.74, 6) is 0.846. The summed E-state index contributed by atoms with van der Waals surface area (Å²) in [6.45, 7) is 2.50. The third-order valence-corrected chi connectivity index (χ3v) is 6.71. The summed E-state index contributed by atoms with van der Waals surface area (Å²) in [5, 5.41) is 0.964. The molecule has 0 saturated carbocycles. The number of para-hydroxylation sites is 2. The highest BCUT2D eigenvalue weighted by molar-refractivity contribution is 7.18. The summed E-state index contributed by atoms with van der Waals surface area (Å²) >= 11 is 1.66. The molecule has 0 N–H and O–H groups in total. The lowest BCUT2D eigenvalue weighted by molar-refractivity contribution is -0.136. The topological polar surface area (TPSA) is 42.4 Å². The van der Waals surface area contributed by atoms with Gasteiger partial charge in [0.25, 0.3) is 0 Å². The quantitative estimate of drug-likeness (QED) is 0.391. The van der Waals surface area contributed by atoms with Gasteiger partial charge < -0.3 is 9.64 Å². The fourth-order valence-electron chi connectivity index (χ4n) is 3.99. The van der Waals surface area contributed by atoms with E-state index in [9.17, 15) is 4.79 Å². The Bertz CT molecular complexity index is 1160. The van der Waals surface area contributed by atoms with E-state index in [1.165, 1.54) is 0 Å². The number of aromatic nitrogens is 1. The average Bonchev–Trinajstić information content (AvgIpc) is 3.21. The Morgan fingerprint density at radius 3 is 2.42 bits per heavy atom. The summed E-state index contributed by atoms with van der Waals surface area (Å²) in [4.78, 5) is 20.4. The molecule has 0 spiro atoms. The van der Waals surface area contributed by atoms with E-state index in [1.54, 1.807) is 23.3 Å². The van der Waals surface area contributed by atoms with Crippen LogP contribution in [0, 0.1) is 0 Å². The lowest BCUT2D eigenvalue weighted by Crippen LogP contribution is -2.44. The number of amides is 1. The number of fused-ring (bicyclic) bond motifs is 1. The van der Waals surface area contributed by atoms with E-state index >= 15 is 0 Å². The van der Waals surface area contributed by atoms with Crippen LogP contribution in [0.1, 0.15) is 23.1 Å². The van der Waals surface area contributed by atoms with E-state index < -0.39 is 5.41 Å². The van der Waals surface area contributed by atoms with Gasteiger partial charge in [-0.1, -0.05) is 60.7 Å². The first kappa shape index (κ1) is 21.1. The smallest absolute Gasteiger partial charge is 0.233 e. The van der Waals surface area contributed by atoms with Gasteiger partial charge in [0.1, 0.15) is 5.75 Å². The number of thiazole rings is 1. The molecule has 0 aliphatic heterocycles. The minimum Gasteiger partial charge on any atom is -0.496 e. The molecule has 1 aromatic heterocycles. The third kappa shape index (κ3) is 4.32. The molecule has 0 aliphatic carbocycles. The number of hydrogen-bond acceptors (Lipinski definition) is 4. The van der Waals surface area contributed by atoms with Crippen molar-refractivity contribution in [3.8, 4) is 5.75 Å². The van der Waals surface area contributed by atoms with Crippen LogP contribution in [-0.2, 0) is 23.2 Å². The molecule has 1 atom stereocenters. The van der Waals surface area contributed by atoms with Crippen LogP contribution in [0.25, 0.3) is 10.2 Å². The van der Waals surface area contributed by atoms with Crippen LogP contribution in [0.5, 0.6) is 5.75 Å². The van der Waals surface area contributed by atoms with Gasteiger partial charge in [-0.05, 0) is 30.7 Å². The van der Waals surface area contributed by atoms with E-state index in [0.29, 0.717) is 13.0 Å². The van der Waals surface area contributed by atoms with Crippen LogP contribution in [-0.4, -0.2) is 29.9 Å². The number of likely N-dealkylation sites (N-methyl/N-ethyl adjacent to an activating group) is 1. The first-order chi connectivity index (χ1) is 15.0. The van der Waals surface area contributed by atoms with Crippen LogP contribution in [0.2, 0.25) is 0 Å². The molecule has 4 aromatic rings. The SMILES string of the molecule is COc1ccccc1CN(C)C(=O)C(C)(Cc1nc2ccccc2s1)c1ccccc1. The number of nitrogens with zero attached hydrogens (tertiary/aromatic N) is 2. The number of benzene rings is 3. The highest BCUT2D eigenvalue weighted by Gasteiger charge is 2.38. The first-order valence-electron chi connectivity index (χ1n) is 10.3. The number of carbonyl (C=O) groups is 1. The highest BCUT2D eigenvalue weighted by Crippen LogP contribution is 2.34. The maximum absolute atomic E-state index is 13.9. The van der Waals surface area contributed by atoms with Crippen LogP contribution in [0.15, 0.2) is 78.9 Å². The zero-order valence-electron chi connectivity index (χ0n) is 18.0. The van der Waals surface area contributed by atoms with Gasteiger partial charge in [0.2, 0.25) is 5.91 Å². The van der Waals surface area contributed by atoms with Crippen LogP contribution < -0.4 is 4.74 Å². The van der Waals surface area contributed by atoms with Gasteiger partial charge in [0, 0.05) is 25.6 Å².